The van der Waals surface area contributed by atoms with Crippen LogP contribution in [-0.2, 0) is 4.74 Å². The fraction of sp³-hybridized carbons (Fsp3) is 0.600. The maximum atomic E-state index is 12.2. The molecule has 64 valence electrons. The molecule has 1 unspecified atom stereocenters. The molecular formula is C5H3F5O. The van der Waals surface area contributed by atoms with Crippen LogP contribution in [0.3, 0.4) is 0 Å². The van der Waals surface area contributed by atoms with Crippen molar-refractivity contribution in [2.75, 3.05) is 6.61 Å². The summed E-state index contributed by atoms with van der Waals surface area (Å²) in [5, 5.41) is 0. The first kappa shape index (κ1) is 8.45. The standard InChI is InChI=1S/C5H3F5O/c6-3(4(7)8)5(9,10)2-1-11-2/h2H,1H2. The summed E-state index contributed by atoms with van der Waals surface area (Å²) in [6, 6.07) is 0. The second kappa shape index (κ2) is 2.44. The van der Waals surface area contributed by atoms with E-state index in [9.17, 15) is 22.0 Å². The Bertz CT molecular complexity index is 191. The normalized spacial score (nSPS) is 23.2. The van der Waals surface area contributed by atoms with E-state index in [0.29, 0.717) is 0 Å². The summed E-state index contributed by atoms with van der Waals surface area (Å²) in [4.78, 5) is 0. The molecular weight excluding hydrogens is 171 g/mol. The van der Waals surface area contributed by atoms with Gasteiger partial charge in [0.1, 0.15) is 0 Å². The van der Waals surface area contributed by atoms with E-state index >= 15 is 0 Å². The highest BCUT2D eigenvalue weighted by Crippen LogP contribution is 2.38. The Labute approximate surface area is 58.4 Å². The Morgan fingerprint density at radius 3 is 2.00 bits per heavy atom. The van der Waals surface area contributed by atoms with Gasteiger partial charge in [0.15, 0.2) is 6.10 Å². The van der Waals surface area contributed by atoms with Gasteiger partial charge in [-0.1, -0.05) is 0 Å². The molecule has 11 heavy (non-hydrogen) atoms. The average Bonchev–Trinajstić information content (AvgIpc) is 2.66. The molecule has 0 aromatic heterocycles. The number of halogens is 5. The van der Waals surface area contributed by atoms with Crippen LogP contribution in [0.5, 0.6) is 0 Å². The monoisotopic (exact) mass is 174 g/mol. The molecule has 0 aromatic rings. The highest BCUT2D eigenvalue weighted by Gasteiger charge is 2.54. The third kappa shape index (κ3) is 1.50. The average molecular weight is 174 g/mol. The summed E-state index contributed by atoms with van der Waals surface area (Å²) >= 11 is 0. The molecule has 1 aliphatic heterocycles. The summed E-state index contributed by atoms with van der Waals surface area (Å²) in [6.07, 6.45) is -4.71. The summed E-state index contributed by atoms with van der Waals surface area (Å²) in [5.74, 6) is -6.86. The fourth-order valence-corrected chi connectivity index (χ4v) is 0.525. The van der Waals surface area contributed by atoms with Gasteiger partial charge in [-0.15, -0.1) is 0 Å². The van der Waals surface area contributed by atoms with Gasteiger partial charge >= 0.3 is 12.0 Å². The fourth-order valence-electron chi connectivity index (χ4n) is 0.525. The van der Waals surface area contributed by atoms with Crippen LogP contribution in [0.25, 0.3) is 0 Å². The van der Waals surface area contributed by atoms with Gasteiger partial charge in [-0.2, -0.15) is 22.0 Å². The lowest BCUT2D eigenvalue weighted by Gasteiger charge is -2.08. The van der Waals surface area contributed by atoms with E-state index in [1.54, 1.807) is 0 Å². The molecule has 0 bridgehead atoms. The summed E-state index contributed by atoms with van der Waals surface area (Å²) in [7, 11) is 0. The molecule has 0 amide bonds. The molecule has 0 spiro atoms. The van der Waals surface area contributed by atoms with E-state index in [1.165, 1.54) is 0 Å². The zero-order valence-corrected chi connectivity index (χ0v) is 5.08. The highest BCUT2D eigenvalue weighted by atomic mass is 19.3. The molecule has 1 rings (SSSR count). The molecule has 1 heterocycles. The molecule has 1 saturated heterocycles. The van der Waals surface area contributed by atoms with E-state index < -0.39 is 23.9 Å². The van der Waals surface area contributed by atoms with E-state index in [1.807, 2.05) is 0 Å². The van der Waals surface area contributed by atoms with Crippen molar-refractivity contribution in [1.29, 1.82) is 0 Å². The molecule has 0 saturated carbocycles. The van der Waals surface area contributed by atoms with Crippen LogP contribution < -0.4 is 0 Å². The minimum Gasteiger partial charge on any atom is -0.366 e. The van der Waals surface area contributed by atoms with Crippen LogP contribution in [-0.4, -0.2) is 18.6 Å². The molecule has 0 radical (unpaired) electrons. The quantitative estimate of drug-likeness (QED) is 0.461. The van der Waals surface area contributed by atoms with Gasteiger partial charge in [-0.25, -0.2) is 0 Å². The number of hydrogen-bond acceptors (Lipinski definition) is 1. The van der Waals surface area contributed by atoms with Gasteiger partial charge in [0.25, 0.3) is 0 Å². The summed E-state index contributed by atoms with van der Waals surface area (Å²) in [6.45, 7) is -0.381. The molecule has 1 aliphatic rings. The van der Waals surface area contributed by atoms with Gasteiger partial charge in [-0.05, 0) is 0 Å². The third-order valence-corrected chi connectivity index (χ3v) is 1.20. The highest BCUT2D eigenvalue weighted by molar-refractivity contribution is 5.10. The maximum Gasteiger partial charge on any atom is 0.331 e. The summed E-state index contributed by atoms with van der Waals surface area (Å²) in [5.41, 5.74) is 0. The Morgan fingerprint density at radius 2 is 1.73 bits per heavy atom. The third-order valence-electron chi connectivity index (χ3n) is 1.20. The predicted octanol–water partition coefficient (Wildman–Crippen LogP) is 2.10. The molecule has 1 fully saturated rings. The van der Waals surface area contributed by atoms with Gasteiger partial charge in [0, 0.05) is 0 Å². The van der Waals surface area contributed by atoms with Crippen molar-refractivity contribution in [3.05, 3.63) is 11.9 Å². The van der Waals surface area contributed by atoms with Crippen molar-refractivity contribution in [2.45, 2.75) is 12.0 Å². The van der Waals surface area contributed by atoms with Crippen LogP contribution in [0.4, 0.5) is 22.0 Å². The molecule has 0 N–H and O–H groups in total. The molecule has 0 aliphatic carbocycles. The largest absolute Gasteiger partial charge is 0.366 e. The Kier molecular flexibility index (Phi) is 1.87. The van der Waals surface area contributed by atoms with Crippen molar-refractivity contribution in [1.82, 2.24) is 0 Å². The predicted molar refractivity (Wildman–Crippen MR) is 25.0 cm³/mol. The van der Waals surface area contributed by atoms with Crippen molar-refractivity contribution >= 4 is 0 Å². The Hall–Kier alpha value is -0.650. The van der Waals surface area contributed by atoms with E-state index in [4.69, 9.17) is 0 Å². The second-order valence-electron chi connectivity index (χ2n) is 2.02. The lowest BCUT2D eigenvalue weighted by molar-refractivity contribution is -0.0155. The SMILES string of the molecule is FC(F)=C(F)C(F)(F)C1CO1. The van der Waals surface area contributed by atoms with Crippen LogP contribution in [0, 0.1) is 0 Å². The first-order valence-corrected chi connectivity index (χ1v) is 2.67. The number of hydrogen-bond donors (Lipinski definition) is 0. The van der Waals surface area contributed by atoms with Crippen molar-refractivity contribution < 1.29 is 26.7 Å². The van der Waals surface area contributed by atoms with Crippen LogP contribution in [0.15, 0.2) is 11.9 Å². The molecule has 6 heteroatoms. The van der Waals surface area contributed by atoms with Gasteiger partial charge in [0.05, 0.1) is 6.61 Å². The van der Waals surface area contributed by atoms with Crippen molar-refractivity contribution in [3.63, 3.8) is 0 Å². The van der Waals surface area contributed by atoms with Gasteiger partial charge in [-0.3, -0.25) is 0 Å². The topological polar surface area (TPSA) is 12.5 Å². The zero-order valence-electron chi connectivity index (χ0n) is 5.08. The first-order chi connectivity index (χ1) is 4.96. The van der Waals surface area contributed by atoms with Gasteiger partial charge in [0.2, 0.25) is 5.83 Å². The lowest BCUT2D eigenvalue weighted by atomic mass is 10.2. The zero-order chi connectivity index (χ0) is 8.65. The molecule has 1 atom stereocenters. The van der Waals surface area contributed by atoms with Crippen molar-refractivity contribution in [2.24, 2.45) is 0 Å². The Balaban J connectivity index is 2.78. The first-order valence-electron chi connectivity index (χ1n) is 2.67. The van der Waals surface area contributed by atoms with E-state index in [0.717, 1.165) is 0 Å². The lowest BCUT2D eigenvalue weighted by Crippen LogP contribution is -2.25. The van der Waals surface area contributed by atoms with Crippen LogP contribution in [0.2, 0.25) is 0 Å². The van der Waals surface area contributed by atoms with Crippen LogP contribution in [0.1, 0.15) is 0 Å². The number of ether oxygens (including phenoxy) is 1. The van der Waals surface area contributed by atoms with E-state index in [-0.39, 0.29) is 6.61 Å². The van der Waals surface area contributed by atoms with E-state index in [2.05, 4.69) is 4.74 Å². The maximum absolute atomic E-state index is 12.2. The van der Waals surface area contributed by atoms with Gasteiger partial charge < -0.3 is 4.74 Å². The van der Waals surface area contributed by atoms with Crippen LogP contribution >= 0.6 is 0 Å². The minimum atomic E-state index is -4.17. The number of epoxide rings is 1. The minimum absolute atomic E-state index is 0.381. The molecule has 0 aromatic carbocycles. The summed E-state index contributed by atoms with van der Waals surface area (Å²) < 4.78 is 62.9. The number of rotatable bonds is 2. The second-order valence-corrected chi connectivity index (χ2v) is 2.02. The Morgan fingerprint density at radius 1 is 1.27 bits per heavy atom. The smallest absolute Gasteiger partial charge is 0.331 e. The number of alkyl halides is 2. The molecule has 1 nitrogen and oxygen atoms in total. The van der Waals surface area contributed by atoms with Crippen molar-refractivity contribution in [3.8, 4) is 0 Å².